The average molecular weight is 667 g/mol. The first-order chi connectivity index (χ1) is 25.3. The standard InChI is InChI=1S/C48H30N2S/c1-4-14-31(15-5-1)33-24-34(32-16-6-2-7-17-32)26-36(25-33)50-43-22-12-10-20-37(43)39-27-40-41-29-48-42(38-21-11-13-23-47(38)51-48)28-44(41)49(46(40)30-45(39)50)35-18-8-3-9-19-35/h1-30H. The van der Waals surface area contributed by atoms with Crippen LogP contribution in [0.25, 0.3) is 97.4 Å². The fourth-order valence-corrected chi connectivity index (χ4v) is 9.29. The van der Waals surface area contributed by atoms with Crippen LogP contribution in [0.15, 0.2) is 182 Å². The maximum atomic E-state index is 2.47. The molecule has 3 heteroatoms. The highest BCUT2D eigenvalue weighted by molar-refractivity contribution is 7.25. The smallest absolute Gasteiger partial charge is 0.0562 e. The average Bonchev–Trinajstić information content (AvgIpc) is 3.83. The minimum absolute atomic E-state index is 1.15. The third-order valence-corrected chi connectivity index (χ3v) is 11.6. The molecule has 0 bridgehead atoms. The molecule has 51 heavy (non-hydrogen) atoms. The van der Waals surface area contributed by atoms with Gasteiger partial charge in [0.05, 0.1) is 22.1 Å². The van der Waals surface area contributed by atoms with Crippen molar-refractivity contribution in [1.29, 1.82) is 0 Å². The normalized spacial score (nSPS) is 11.9. The van der Waals surface area contributed by atoms with Gasteiger partial charge in [0.2, 0.25) is 0 Å². The van der Waals surface area contributed by atoms with E-state index in [0.29, 0.717) is 0 Å². The number of thiophene rings is 1. The van der Waals surface area contributed by atoms with Gasteiger partial charge in [-0.15, -0.1) is 11.3 Å². The number of fused-ring (bicyclic) bond motifs is 9. The van der Waals surface area contributed by atoms with Gasteiger partial charge < -0.3 is 9.13 Å². The van der Waals surface area contributed by atoms with E-state index in [1.165, 1.54) is 86.0 Å². The number of rotatable bonds is 4. The lowest BCUT2D eigenvalue weighted by Gasteiger charge is -2.14. The van der Waals surface area contributed by atoms with Gasteiger partial charge in [-0.05, 0) is 89.0 Å². The van der Waals surface area contributed by atoms with Gasteiger partial charge in [-0.1, -0.05) is 115 Å². The molecule has 0 aliphatic carbocycles. The summed E-state index contributed by atoms with van der Waals surface area (Å²) in [5, 5.41) is 7.70. The van der Waals surface area contributed by atoms with E-state index in [4.69, 9.17) is 0 Å². The van der Waals surface area contributed by atoms with Crippen molar-refractivity contribution in [3.63, 3.8) is 0 Å². The molecule has 11 rings (SSSR count). The van der Waals surface area contributed by atoms with Gasteiger partial charge in [-0.25, -0.2) is 0 Å². The molecule has 238 valence electrons. The van der Waals surface area contributed by atoms with Crippen molar-refractivity contribution in [1.82, 2.24) is 9.13 Å². The molecule has 0 aliphatic heterocycles. The first-order valence-electron chi connectivity index (χ1n) is 17.4. The highest BCUT2D eigenvalue weighted by Crippen LogP contribution is 2.44. The summed E-state index contributed by atoms with van der Waals surface area (Å²) in [6.07, 6.45) is 0. The number of aromatic nitrogens is 2. The molecule has 0 unspecified atom stereocenters. The summed E-state index contributed by atoms with van der Waals surface area (Å²) in [7, 11) is 0. The van der Waals surface area contributed by atoms with Crippen molar-refractivity contribution in [2.75, 3.05) is 0 Å². The van der Waals surface area contributed by atoms with Crippen LogP contribution in [0.4, 0.5) is 0 Å². The molecule has 0 saturated heterocycles. The molecule has 0 saturated carbocycles. The Balaban J connectivity index is 1.27. The monoisotopic (exact) mass is 666 g/mol. The summed E-state index contributed by atoms with van der Waals surface area (Å²) in [4.78, 5) is 0. The molecule has 0 spiro atoms. The Kier molecular flexibility index (Phi) is 6.16. The topological polar surface area (TPSA) is 9.86 Å². The summed E-state index contributed by atoms with van der Waals surface area (Å²) in [6.45, 7) is 0. The summed E-state index contributed by atoms with van der Waals surface area (Å²) >= 11 is 1.88. The minimum atomic E-state index is 1.15. The van der Waals surface area contributed by atoms with Crippen molar-refractivity contribution >= 4 is 75.1 Å². The maximum absolute atomic E-state index is 2.47. The Morgan fingerprint density at radius 1 is 0.275 bits per heavy atom. The molecule has 3 aromatic heterocycles. The fraction of sp³-hybridized carbons (Fsp3) is 0. The van der Waals surface area contributed by atoms with Crippen LogP contribution in [-0.2, 0) is 0 Å². The number of nitrogens with zero attached hydrogens (tertiary/aromatic N) is 2. The molecule has 0 N–H and O–H groups in total. The molecule has 0 radical (unpaired) electrons. The van der Waals surface area contributed by atoms with E-state index in [-0.39, 0.29) is 0 Å². The van der Waals surface area contributed by atoms with Crippen LogP contribution in [0, 0.1) is 0 Å². The van der Waals surface area contributed by atoms with Crippen LogP contribution in [0.1, 0.15) is 0 Å². The van der Waals surface area contributed by atoms with Gasteiger partial charge in [0.15, 0.2) is 0 Å². The largest absolute Gasteiger partial charge is 0.309 e. The summed E-state index contributed by atoms with van der Waals surface area (Å²) in [5.41, 5.74) is 11.9. The number of hydrogen-bond acceptors (Lipinski definition) is 1. The van der Waals surface area contributed by atoms with Gasteiger partial charge >= 0.3 is 0 Å². The second kappa shape index (κ2) is 11.0. The van der Waals surface area contributed by atoms with E-state index >= 15 is 0 Å². The molecule has 0 fully saturated rings. The molecule has 2 nitrogen and oxygen atoms in total. The van der Waals surface area contributed by atoms with Gasteiger partial charge in [0, 0.05) is 53.1 Å². The van der Waals surface area contributed by atoms with Gasteiger partial charge in [0.1, 0.15) is 0 Å². The van der Waals surface area contributed by atoms with Crippen molar-refractivity contribution in [3.8, 4) is 33.6 Å². The lowest BCUT2D eigenvalue weighted by Crippen LogP contribution is -1.97. The van der Waals surface area contributed by atoms with E-state index in [1.807, 2.05) is 11.3 Å². The van der Waals surface area contributed by atoms with Crippen LogP contribution in [0.2, 0.25) is 0 Å². The van der Waals surface area contributed by atoms with Crippen LogP contribution < -0.4 is 0 Å². The zero-order valence-electron chi connectivity index (χ0n) is 27.6. The maximum Gasteiger partial charge on any atom is 0.0562 e. The quantitative estimate of drug-likeness (QED) is 0.177. The zero-order valence-corrected chi connectivity index (χ0v) is 28.4. The Morgan fingerprint density at radius 3 is 1.51 bits per heavy atom. The lowest BCUT2D eigenvalue weighted by molar-refractivity contribution is 1.17. The molecule has 0 aliphatic rings. The van der Waals surface area contributed by atoms with Crippen molar-refractivity contribution in [3.05, 3.63) is 182 Å². The number of para-hydroxylation sites is 2. The third kappa shape index (κ3) is 4.35. The van der Waals surface area contributed by atoms with E-state index in [1.54, 1.807) is 0 Å². The molecule has 0 amide bonds. The fourth-order valence-electron chi connectivity index (χ4n) is 8.16. The zero-order chi connectivity index (χ0) is 33.5. The predicted octanol–water partition coefficient (Wildman–Crippen LogP) is 13.6. The third-order valence-electron chi connectivity index (χ3n) is 10.5. The number of benzene rings is 8. The van der Waals surface area contributed by atoms with Crippen LogP contribution in [0.5, 0.6) is 0 Å². The lowest BCUT2D eigenvalue weighted by atomic mass is 9.98. The Hall–Kier alpha value is -6.42. The summed E-state index contributed by atoms with van der Waals surface area (Å²) < 4.78 is 7.59. The Labute approximate surface area is 298 Å². The first-order valence-corrected chi connectivity index (χ1v) is 18.2. The van der Waals surface area contributed by atoms with Gasteiger partial charge in [-0.2, -0.15) is 0 Å². The van der Waals surface area contributed by atoms with Crippen LogP contribution in [0.3, 0.4) is 0 Å². The first kappa shape index (κ1) is 28.4. The second-order valence-electron chi connectivity index (χ2n) is 13.4. The molecule has 3 heterocycles. The van der Waals surface area contributed by atoms with Crippen molar-refractivity contribution in [2.24, 2.45) is 0 Å². The highest BCUT2D eigenvalue weighted by Gasteiger charge is 2.20. The highest BCUT2D eigenvalue weighted by atomic mass is 32.1. The summed E-state index contributed by atoms with van der Waals surface area (Å²) in [6, 6.07) is 66.7. The van der Waals surface area contributed by atoms with Crippen molar-refractivity contribution < 1.29 is 0 Å². The Morgan fingerprint density at radius 2 is 0.804 bits per heavy atom. The van der Waals surface area contributed by atoms with E-state index in [2.05, 4.69) is 191 Å². The summed E-state index contributed by atoms with van der Waals surface area (Å²) in [5.74, 6) is 0. The molecule has 11 aromatic rings. The molecule has 0 atom stereocenters. The van der Waals surface area contributed by atoms with Crippen molar-refractivity contribution in [2.45, 2.75) is 0 Å². The second-order valence-corrected chi connectivity index (χ2v) is 14.5. The van der Waals surface area contributed by atoms with Gasteiger partial charge in [0.25, 0.3) is 0 Å². The molecular weight excluding hydrogens is 637 g/mol. The SMILES string of the molecule is c1ccc(-c2cc(-c3ccccc3)cc(-n3c4ccccc4c4cc5c6cc7sc8ccccc8c7cc6n(-c6ccccc6)c5cc43)c2)cc1. The van der Waals surface area contributed by atoms with E-state index < -0.39 is 0 Å². The number of hydrogen-bond donors (Lipinski definition) is 0. The van der Waals surface area contributed by atoms with E-state index in [9.17, 15) is 0 Å². The predicted molar refractivity (Wildman–Crippen MR) is 219 cm³/mol. The van der Waals surface area contributed by atoms with E-state index in [0.717, 1.165) is 11.4 Å². The minimum Gasteiger partial charge on any atom is -0.309 e. The van der Waals surface area contributed by atoms with Crippen LogP contribution in [-0.4, -0.2) is 9.13 Å². The molecule has 8 aromatic carbocycles. The van der Waals surface area contributed by atoms with Gasteiger partial charge in [-0.3, -0.25) is 0 Å². The van der Waals surface area contributed by atoms with Crippen LogP contribution >= 0.6 is 11.3 Å². The Bertz CT molecular complexity index is 3050. The molecular formula is C48H30N2S.